The molecular formula is C10H10FNO. The maximum atomic E-state index is 13.2. The van der Waals surface area contributed by atoms with Gasteiger partial charge in [-0.15, -0.1) is 0 Å². The first kappa shape index (κ1) is 9.53. The maximum absolute atomic E-state index is 13.2. The lowest BCUT2D eigenvalue weighted by Crippen LogP contribution is -1.92. The van der Waals surface area contributed by atoms with E-state index in [1.165, 1.54) is 24.3 Å². The van der Waals surface area contributed by atoms with E-state index in [1.807, 2.05) is 0 Å². The van der Waals surface area contributed by atoms with Crippen LogP contribution in [0.1, 0.15) is 18.2 Å². The van der Waals surface area contributed by atoms with Crippen LogP contribution in [0.3, 0.4) is 0 Å². The molecule has 0 aromatic heterocycles. The van der Waals surface area contributed by atoms with Crippen LogP contribution < -0.4 is 0 Å². The van der Waals surface area contributed by atoms with Gasteiger partial charge < -0.3 is 9.95 Å². The molecule has 3 heteroatoms. The van der Waals surface area contributed by atoms with Crippen molar-refractivity contribution in [2.75, 3.05) is 6.54 Å². The number of benzene rings is 1. The third kappa shape index (κ3) is 2.75. The molecule has 0 radical (unpaired) electrons. The molecule has 68 valence electrons. The zero-order valence-corrected chi connectivity index (χ0v) is 7.07. The van der Waals surface area contributed by atoms with Gasteiger partial charge in [0.05, 0.1) is 6.42 Å². The summed E-state index contributed by atoms with van der Waals surface area (Å²) in [5, 5.41) is 8.94. The van der Waals surface area contributed by atoms with Gasteiger partial charge in [0.25, 0.3) is 0 Å². The van der Waals surface area contributed by atoms with Crippen LogP contribution in [-0.4, -0.2) is 11.7 Å². The van der Waals surface area contributed by atoms with Crippen molar-refractivity contribution < 1.29 is 9.50 Å². The van der Waals surface area contributed by atoms with Gasteiger partial charge >= 0.3 is 0 Å². The quantitative estimate of drug-likeness (QED) is 0.709. The minimum atomic E-state index is -1.10. The highest BCUT2D eigenvalue weighted by Crippen LogP contribution is 2.22. The Labute approximate surface area is 76.5 Å². The van der Waals surface area contributed by atoms with E-state index >= 15 is 0 Å². The largest absolute Gasteiger partial charge is 0.508 e. The highest BCUT2D eigenvalue weighted by Gasteiger charge is 2.10. The van der Waals surface area contributed by atoms with Gasteiger partial charge in [-0.25, -0.2) is 11.0 Å². The van der Waals surface area contributed by atoms with E-state index in [9.17, 15) is 4.39 Å². The predicted octanol–water partition coefficient (Wildman–Crippen LogP) is 2.71. The smallest absolute Gasteiger partial charge is 0.217 e. The lowest BCUT2D eigenvalue weighted by molar-refractivity contribution is 0.332. The number of hydrogen-bond donors (Lipinski definition) is 1. The van der Waals surface area contributed by atoms with Gasteiger partial charge in [0.2, 0.25) is 6.54 Å². The summed E-state index contributed by atoms with van der Waals surface area (Å²) >= 11 is 0. The predicted molar refractivity (Wildman–Crippen MR) is 48.0 cm³/mol. The fourth-order valence-electron chi connectivity index (χ4n) is 1.03. The van der Waals surface area contributed by atoms with E-state index in [0.29, 0.717) is 5.56 Å². The average molecular weight is 179 g/mol. The van der Waals surface area contributed by atoms with E-state index in [1.54, 1.807) is 0 Å². The number of nitrogens with zero attached hydrogens (tertiary/aromatic N) is 1. The SMILES string of the molecule is [C-]#[N+]CCC(F)c1ccc(O)cc1. The van der Waals surface area contributed by atoms with E-state index < -0.39 is 6.17 Å². The third-order valence-corrected chi connectivity index (χ3v) is 1.75. The molecule has 0 saturated carbocycles. The number of hydrogen-bond acceptors (Lipinski definition) is 1. The van der Waals surface area contributed by atoms with Crippen molar-refractivity contribution in [3.05, 3.63) is 41.2 Å². The monoisotopic (exact) mass is 179 g/mol. The first-order valence-electron chi connectivity index (χ1n) is 4.00. The summed E-state index contributed by atoms with van der Waals surface area (Å²) in [6.07, 6.45) is -0.886. The molecule has 1 rings (SSSR count). The van der Waals surface area contributed by atoms with Gasteiger partial charge in [-0.05, 0) is 17.7 Å². The lowest BCUT2D eigenvalue weighted by Gasteiger charge is -2.04. The van der Waals surface area contributed by atoms with Gasteiger partial charge in [-0.2, -0.15) is 0 Å². The van der Waals surface area contributed by atoms with Gasteiger partial charge in [0.1, 0.15) is 11.9 Å². The molecule has 0 spiro atoms. The van der Waals surface area contributed by atoms with E-state index in [4.69, 9.17) is 11.7 Å². The molecule has 13 heavy (non-hydrogen) atoms. The molecule has 0 aliphatic heterocycles. The minimum absolute atomic E-state index is 0.126. The molecule has 1 unspecified atom stereocenters. The second kappa shape index (κ2) is 4.46. The first-order chi connectivity index (χ1) is 6.24. The van der Waals surface area contributed by atoms with E-state index in [2.05, 4.69) is 4.85 Å². The Morgan fingerprint density at radius 1 is 1.38 bits per heavy atom. The number of halogens is 1. The number of phenols is 1. The molecule has 0 fully saturated rings. The van der Waals surface area contributed by atoms with E-state index in [-0.39, 0.29) is 18.7 Å². The molecule has 1 aromatic rings. The molecule has 1 aromatic carbocycles. The molecular weight excluding hydrogens is 169 g/mol. The Balaban J connectivity index is 2.62. The first-order valence-corrected chi connectivity index (χ1v) is 4.00. The molecule has 0 aliphatic carbocycles. The number of rotatable bonds is 3. The molecule has 0 bridgehead atoms. The molecule has 0 aliphatic rings. The lowest BCUT2D eigenvalue weighted by atomic mass is 10.1. The summed E-state index contributed by atoms with van der Waals surface area (Å²) in [6, 6.07) is 5.95. The summed E-state index contributed by atoms with van der Waals surface area (Å²) < 4.78 is 13.2. The van der Waals surface area contributed by atoms with Gasteiger partial charge in [-0.1, -0.05) is 12.1 Å². The Morgan fingerprint density at radius 3 is 2.54 bits per heavy atom. The van der Waals surface area contributed by atoms with Crippen LogP contribution >= 0.6 is 0 Å². The summed E-state index contributed by atoms with van der Waals surface area (Å²) in [7, 11) is 0. The van der Waals surface area contributed by atoms with Crippen molar-refractivity contribution in [3.63, 3.8) is 0 Å². The fourth-order valence-corrected chi connectivity index (χ4v) is 1.03. The van der Waals surface area contributed by atoms with Gasteiger partial charge in [0, 0.05) is 0 Å². The highest BCUT2D eigenvalue weighted by atomic mass is 19.1. The second-order valence-electron chi connectivity index (χ2n) is 2.73. The normalized spacial score (nSPS) is 12.0. The highest BCUT2D eigenvalue weighted by molar-refractivity contribution is 5.27. The van der Waals surface area contributed by atoms with Crippen LogP contribution in [0.15, 0.2) is 24.3 Å². The zero-order valence-electron chi connectivity index (χ0n) is 7.07. The van der Waals surface area contributed by atoms with Crippen LogP contribution in [0.4, 0.5) is 4.39 Å². The number of phenolic OH excluding ortho intramolecular Hbond substituents is 1. The van der Waals surface area contributed by atoms with Crippen LogP contribution in [0.5, 0.6) is 5.75 Å². The fraction of sp³-hybridized carbons (Fsp3) is 0.300. The topological polar surface area (TPSA) is 24.6 Å². The Kier molecular flexibility index (Phi) is 3.27. The number of alkyl halides is 1. The third-order valence-electron chi connectivity index (χ3n) is 1.75. The zero-order chi connectivity index (χ0) is 9.68. The molecule has 1 atom stereocenters. The summed E-state index contributed by atoms with van der Waals surface area (Å²) in [5.41, 5.74) is 0.515. The van der Waals surface area contributed by atoms with E-state index in [0.717, 1.165) is 0 Å². The van der Waals surface area contributed by atoms with Crippen LogP contribution in [-0.2, 0) is 0 Å². The van der Waals surface area contributed by atoms with Crippen molar-refractivity contribution in [1.82, 2.24) is 0 Å². The average Bonchev–Trinajstić information content (AvgIpc) is 2.15. The number of aromatic hydroxyl groups is 1. The van der Waals surface area contributed by atoms with Crippen LogP contribution in [0, 0.1) is 6.57 Å². The van der Waals surface area contributed by atoms with Gasteiger partial charge in [-0.3, -0.25) is 0 Å². The van der Waals surface area contributed by atoms with Gasteiger partial charge in [0.15, 0.2) is 0 Å². The Morgan fingerprint density at radius 2 is 2.00 bits per heavy atom. The minimum Gasteiger partial charge on any atom is -0.508 e. The Bertz CT molecular complexity index is 302. The van der Waals surface area contributed by atoms with Crippen molar-refractivity contribution in [2.45, 2.75) is 12.6 Å². The van der Waals surface area contributed by atoms with Crippen molar-refractivity contribution in [1.29, 1.82) is 0 Å². The van der Waals surface area contributed by atoms with Crippen LogP contribution in [0.25, 0.3) is 4.85 Å². The van der Waals surface area contributed by atoms with Crippen LogP contribution in [0.2, 0.25) is 0 Å². The van der Waals surface area contributed by atoms with Crippen molar-refractivity contribution in [3.8, 4) is 5.75 Å². The van der Waals surface area contributed by atoms with Crippen molar-refractivity contribution >= 4 is 0 Å². The molecule has 0 saturated heterocycles. The molecule has 0 heterocycles. The molecule has 0 amide bonds. The standard InChI is InChI=1S/C10H10FNO/c1-12-7-6-10(11)8-2-4-9(13)5-3-8/h2-5,10,13H,6-7H2. The Hall–Kier alpha value is -1.56. The summed E-state index contributed by atoms with van der Waals surface area (Å²) in [5.74, 6) is 0.126. The van der Waals surface area contributed by atoms with Crippen molar-refractivity contribution in [2.24, 2.45) is 0 Å². The maximum Gasteiger partial charge on any atom is 0.217 e. The summed E-state index contributed by atoms with van der Waals surface area (Å²) in [4.78, 5) is 3.08. The summed E-state index contributed by atoms with van der Waals surface area (Å²) in [6.45, 7) is 6.71. The second-order valence-corrected chi connectivity index (χ2v) is 2.73. The molecule has 2 nitrogen and oxygen atoms in total. The molecule has 1 N–H and O–H groups in total.